The van der Waals surface area contributed by atoms with Gasteiger partial charge in [0.05, 0.1) is 37.0 Å². The minimum atomic E-state index is -1.90. The lowest BCUT2D eigenvalue weighted by molar-refractivity contribution is -0.292. The van der Waals surface area contributed by atoms with E-state index >= 15 is 0 Å². The molecule has 0 radical (unpaired) electrons. The van der Waals surface area contributed by atoms with Crippen molar-refractivity contribution in [2.45, 2.75) is 98.2 Å². The smallest absolute Gasteiger partial charge is 0.305 e. The Bertz CT molecular complexity index is 1620. The van der Waals surface area contributed by atoms with Gasteiger partial charge in [0.15, 0.2) is 11.5 Å². The second-order valence-electron chi connectivity index (χ2n) is 13.1. The van der Waals surface area contributed by atoms with Crippen LogP contribution in [0.4, 0.5) is 0 Å². The fourth-order valence-electron chi connectivity index (χ4n) is 6.37. The SMILES string of the molecule is OC[C@H]1O[C@@H](OC2=CC(O)=CC3[OH+]C(c4ccc(O)c(O[C@@H]5O[C@H](CO)[C@@H](O)[C@H](O)[C@H]5O)c4)=C(O[C@@H]4O[C@H](CO)[C@@H](O)[C@H](O)[C@H]4O)C=C23)[C@H](O)[C@@H](O)[C@@H]1O. The maximum atomic E-state index is 10.8. The number of phenolic OH excluding ortho intramolecular Hbond substituents is 1. The molecule has 300 valence electrons. The number of allylic oxidation sites excluding steroid dienone is 2. The molecule has 4 aliphatic heterocycles. The number of aliphatic hydroxyl groups excluding tert-OH is 13. The van der Waals surface area contributed by atoms with Crippen LogP contribution in [0.15, 0.2) is 59.3 Å². The first-order valence-electron chi connectivity index (χ1n) is 16.7. The number of hydrogen-bond acceptors (Lipinski definition) is 20. The van der Waals surface area contributed by atoms with E-state index in [-0.39, 0.29) is 34.2 Å². The predicted molar refractivity (Wildman–Crippen MR) is 172 cm³/mol. The molecule has 1 aromatic carbocycles. The van der Waals surface area contributed by atoms with Crippen LogP contribution in [0.3, 0.4) is 0 Å². The van der Waals surface area contributed by atoms with Crippen molar-refractivity contribution in [2.24, 2.45) is 0 Å². The van der Waals surface area contributed by atoms with Gasteiger partial charge in [-0.3, -0.25) is 0 Å². The van der Waals surface area contributed by atoms with Gasteiger partial charge in [0.2, 0.25) is 30.7 Å². The first kappa shape index (κ1) is 40.1. The van der Waals surface area contributed by atoms with E-state index in [1.54, 1.807) is 0 Å². The van der Waals surface area contributed by atoms with Crippen molar-refractivity contribution in [2.75, 3.05) is 19.8 Å². The summed E-state index contributed by atoms with van der Waals surface area (Å²) in [6.07, 6.45) is -22.8. The number of benzene rings is 1. The lowest BCUT2D eigenvalue weighted by Gasteiger charge is -2.41. The summed E-state index contributed by atoms with van der Waals surface area (Å²) in [5, 5.41) is 144. The second kappa shape index (κ2) is 16.2. The number of hydrogen-bond donors (Lipinski definition) is 14. The van der Waals surface area contributed by atoms with Crippen LogP contribution in [0.2, 0.25) is 0 Å². The molecule has 1 aromatic rings. The Morgan fingerprint density at radius 2 is 1.06 bits per heavy atom. The zero-order valence-corrected chi connectivity index (χ0v) is 28.0. The Kier molecular flexibility index (Phi) is 12.0. The summed E-state index contributed by atoms with van der Waals surface area (Å²) >= 11 is 0. The number of phenols is 1. The molecule has 16 atom stereocenters. The van der Waals surface area contributed by atoms with E-state index in [0.717, 1.165) is 12.1 Å². The zero-order valence-electron chi connectivity index (χ0n) is 28.0. The second-order valence-corrected chi connectivity index (χ2v) is 13.1. The van der Waals surface area contributed by atoms with Gasteiger partial charge in [-0.2, -0.15) is 0 Å². The van der Waals surface area contributed by atoms with Crippen LogP contribution in [-0.4, -0.2) is 194 Å². The Labute approximate surface area is 304 Å². The first-order valence-corrected chi connectivity index (χ1v) is 16.7. The fourth-order valence-corrected chi connectivity index (χ4v) is 6.37. The van der Waals surface area contributed by atoms with E-state index < -0.39 is 130 Å². The highest BCUT2D eigenvalue weighted by Crippen LogP contribution is 2.41. The fraction of sp³-hybridized carbons (Fsp3) is 0.576. The number of fused-ring (bicyclic) bond motifs is 1. The normalized spacial score (nSPS) is 41.1. The van der Waals surface area contributed by atoms with Crippen molar-refractivity contribution in [3.8, 4) is 11.5 Å². The van der Waals surface area contributed by atoms with Gasteiger partial charge in [0.1, 0.15) is 84.8 Å². The summed E-state index contributed by atoms with van der Waals surface area (Å²) in [6.45, 7) is -2.30. The van der Waals surface area contributed by atoms with E-state index in [0.29, 0.717) is 0 Å². The van der Waals surface area contributed by atoms with Gasteiger partial charge in [0, 0.05) is 18.2 Å². The standard InChI is InChI=1S/C33H42O21/c34-7-18-21(39)24(42)27(45)31(52-18)49-15-5-11(37)4-14-12(15)6-17(51-33-29(47)26(44)23(41)20(9-36)54-33)30(48-14)10-1-2-13(38)16(3-10)50-32-28(46)25(43)22(40)19(8-35)53-32/h1-6,14,18-29,31-47H,7-9H2/p+1/t14?,18-,19-,20-,21-,22-,23-,24+,25+,26+,27-,28-,29-,31-,32-,33-/m1/s1. The molecule has 0 aromatic heterocycles. The molecule has 3 saturated heterocycles. The van der Waals surface area contributed by atoms with Crippen molar-refractivity contribution < 1.29 is 105 Å². The Morgan fingerprint density at radius 1 is 0.574 bits per heavy atom. The highest BCUT2D eigenvalue weighted by atomic mass is 16.7. The highest BCUT2D eigenvalue weighted by molar-refractivity contribution is 5.69. The molecule has 0 bridgehead atoms. The quantitative estimate of drug-likeness (QED) is 0.0984. The summed E-state index contributed by atoms with van der Waals surface area (Å²) in [4.78, 5) is 0. The highest BCUT2D eigenvalue weighted by Gasteiger charge is 2.49. The van der Waals surface area contributed by atoms with Crippen LogP contribution in [0.25, 0.3) is 5.76 Å². The summed E-state index contributed by atoms with van der Waals surface area (Å²) < 4.78 is 38.5. The van der Waals surface area contributed by atoms with Crippen LogP contribution in [0.1, 0.15) is 5.56 Å². The third kappa shape index (κ3) is 7.62. The van der Waals surface area contributed by atoms with Crippen molar-refractivity contribution >= 4 is 5.76 Å². The lowest BCUT2D eigenvalue weighted by atomic mass is 9.96. The molecule has 21 heteroatoms. The molecule has 1 unspecified atom stereocenters. The Balaban J connectivity index is 1.39. The molecular formula is C33H43O21+. The van der Waals surface area contributed by atoms with Gasteiger partial charge >= 0.3 is 5.76 Å². The Morgan fingerprint density at radius 3 is 1.56 bits per heavy atom. The average Bonchev–Trinajstić information content (AvgIpc) is 3.16. The van der Waals surface area contributed by atoms with Crippen LogP contribution in [0.5, 0.6) is 11.5 Å². The summed E-state index contributed by atoms with van der Waals surface area (Å²) in [5.74, 6) is -1.83. The molecule has 0 spiro atoms. The van der Waals surface area contributed by atoms with Crippen LogP contribution in [-0.2, 0) is 23.7 Å². The van der Waals surface area contributed by atoms with E-state index in [2.05, 4.69) is 4.74 Å². The van der Waals surface area contributed by atoms with Crippen LogP contribution < -0.4 is 4.74 Å². The topological polar surface area (TPSA) is 351 Å². The van der Waals surface area contributed by atoms with Crippen molar-refractivity contribution in [3.63, 3.8) is 0 Å². The van der Waals surface area contributed by atoms with Crippen molar-refractivity contribution in [3.05, 3.63) is 64.8 Å². The summed E-state index contributed by atoms with van der Waals surface area (Å²) in [7, 11) is 0. The molecule has 54 heavy (non-hydrogen) atoms. The molecular weight excluding hydrogens is 732 g/mol. The molecule has 6 rings (SSSR count). The van der Waals surface area contributed by atoms with Gasteiger partial charge in [0.25, 0.3) is 0 Å². The molecule has 5 aliphatic rings. The van der Waals surface area contributed by atoms with Crippen molar-refractivity contribution in [1.29, 1.82) is 0 Å². The predicted octanol–water partition coefficient (Wildman–Crippen LogP) is -5.95. The largest absolute Gasteiger partial charge is 0.571 e. The minimum absolute atomic E-state index is 0.0844. The number of aliphatic hydroxyl groups is 15. The third-order valence-electron chi connectivity index (χ3n) is 9.51. The minimum Gasteiger partial charge on any atom is -0.571 e. The van der Waals surface area contributed by atoms with E-state index in [1.165, 1.54) is 24.3 Å². The lowest BCUT2D eigenvalue weighted by Crippen LogP contribution is -2.60. The number of aromatic hydroxyl groups is 1. The molecule has 15 N–H and O–H groups in total. The number of rotatable bonds is 10. The van der Waals surface area contributed by atoms with Crippen molar-refractivity contribution in [1.82, 2.24) is 0 Å². The molecule has 0 saturated carbocycles. The monoisotopic (exact) mass is 775 g/mol. The summed E-state index contributed by atoms with van der Waals surface area (Å²) in [5.41, 5.74) is 0.186. The molecule has 4 heterocycles. The van der Waals surface area contributed by atoms with Gasteiger partial charge < -0.3 is 105 Å². The third-order valence-corrected chi connectivity index (χ3v) is 9.51. The van der Waals surface area contributed by atoms with Gasteiger partial charge in [-0.05, 0) is 12.1 Å². The molecule has 1 aliphatic carbocycles. The molecule has 21 nitrogen and oxygen atoms in total. The molecule has 3 fully saturated rings. The summed E-state index contributed by atoms with van der Waals surface area (Å²) in [6, 6.07) is 3.67. The maximum Gasteiger partial charge on any atom is 0.305 e. The Hall–Kier alpha value is -3.62. The zero-order chi connectivity index (χ0) is 39.2. The van der Waals surface area contributed by atoms with Crippen LogP contribution in [0, 0.1) is 0 Å². The molecule has 0 amide bonds. The maximum absolute atomic E-state index is 10.8. The van der Waals surface area contributed by atoms with E-state index in [4.69, 9.17) is 28.4 Å². The average molecular weight is 776 g/mol. The number of ether oxygens (including phenoxy) is 7. The van der Waals surface area contributed by atoms with E-state index in [1.807, 2.05) is 0 Å². The first-order chi connectivity index (χ1) is 25.7. The van der Waals surface area contributed by atoms with Gasteiger partial charge in [-0.15, -0.1) is 0 Å². The van der Waals surface area contributed by atoms with E-state index in [9.17, 15) is 71.5 Å². The van der Waals surface area contributed by atoms with Crippen LogP contribution >= 0.6 is 0 Å². The van der Waals surface area contributed by atoms with Gasteiger partial charge in [-0.1, -0.05) is 0 Å². The van der Waals surface area contributed by atoms with Gasteiger partial charge in [-0.25, -0.2) is 0 Å².